The number of aliphatic carboxylic acids is 1. The van der Waals surface area contributed by atoms with Crippen molar-refractivity contribution in [2.24, 2.45) is 11.3 Å². The monoisotopic (exact) mass is 236 g/mol. The van der Waals surface area contributed by atoms with Crippen molar-refractivity contribution in [3.8, 4) is 0 Å². The lowest BCUT2D eigenvalue weighted by molar-refractivity contribution is -0.146. The third-order valence-corrected chi connectivity index (χ3v) is 3.73. The number of ether oxygens (including phenoxy) is 1. The van der Waals surface area contributed by atoms with Gasteiger partial charge in [-0.1, -0.05) is 0 Å². The van der Waals surface area contributed by atoms with Gasteiger partial charge in [-0.05, 0) is 19.3 Å². The van der Waals surface area contributed by atoms with Crippen LogP contribution in [0.15, 0.2) is 0 Å². The number of hydrogen-bond donors (Lipinski definition) is 1. The zero-order valence-electron chi connectivity index (χ0n) is 8.89. The van der Waals surface area contributed by atoms with Gasteiger partial charge < -0.3 is 9.84 Å². The van der Waals surface area contributed by atoms with Crippen LogP contribution in [-0.4, -0.2) is 44.7 Å². The van der Waals surface area contributed by atoms with Crippen LogP contribution >= 0.6 is 0 Å². The van der Waals surface area contributed by atoms with Gasteiger partial charge in [-0.25, -0.2) is 8.42 Å². The number of carboxylic acid groups (broad SMARTS) is 1. The standard InChI is InChI=1S/C9H16O5S/c1-3-14-6-9(8(10)11)4-7(9)5-15(2,12)13/h7H,3-6H2,1-2H3,(H,10,11)/t7-,9-/m0/s1. The first kappa shape index (κ1) is 12.4. The Kier molecular flexibility index (Phi) is 3.40. The molecule has 0 bridgehead atoms. The average Bonchev–Trinajstić information content (AvgIpc) is 2.73. The second-order valence-electron chi connectivity index (χ2n) is 4.09. The van der Waals surface area contributed by atoms with E-state index in [4.69, 9.17) is 9.84 Å². The summed E-state index contributed by atoms with van der Waals surface area (Å²) in [7, 11) is -3.11. The Bertz CT molecular complexity index is 348. The van der Waals surface area contributed by atoms with Crippen molar-refractivity contribution in [3.63, 3.8) is 0 Å². The molecule has 0 spiro atoms. The summed E-state index contributed by atoms with van der Waals surface area (Å²) in [5.41, 5.74) is -0.959. The van der Waals surface area contributed by atoms with Crippen LogP contribution in [0.25, 0.3) is 0 Å². The fraction of sp³-hybridized carbons (Fsp3) is 0.889. The molecule has 0 aromatic rings. The minimum Gasteiger partial charge on any atom is -0.481 e. The van der Waals surface area contributed by atoms with Gasteiger partial charge in [0, 0.05) is 12.9 Å². The van der Waals surface area contributed by atoms with E-state index in [1.165, 1.54) is 0 Å². The molecule has 5 nitrogen and oxygen atoms in total. The normalized spacial score (nSPS) is 30.1. The van der Waals surface area contributed by atoms with Crippen molar-refractivity contribution in [2.45, 2.75) is 13.3 Å². The molecule has 0 radical (unpaired) electrons. The molecule has 1 rings (SSSR count). The predicted octanol–water partition coefficient (Wildman–Crippen LogP) is 0.158. The Labute approximate surface area is 89.3 Å². The Hall–Kier alpha value is -0.620. The van der Waals surface area contributed by atoms with Gasteiger partial charge in [0.15, 0.2) is 0 Å². The first-order valence-electron chi connectivity index (χ1n) is 4.80. The molecule has 0 unspecified atom stereocenters. The molecule has 2 atom stereocenters. The zero-order chi connectivity index (χ0) is 11.7. The molecule has 0 aromatic heterocycles. The average molecular weight is 236 g/mol. The van der Waals surface area contributed by atoms with E-state index in [9.17, 15) is 13.2 Å². The zero-order valence-corrected chi connectivity index (χ0v) is 9.71. The van der Waals surface area contributed by atoms with Crippen molar-refractivity contribution >= 4 is 15.8 Å². The summed E-state index contributed by atoms with van der Waals surface area (Å²) in [5.74, 6) is -1.31. The lowest BCUT2D eigenvalue weighted by Gasteiger charge is -2.11. The number of carboxylic acids is 1. The van der Waals surface area contributed by atoms with E-state index in [2.05, 4.69) is 0 Å². The number of hydrogen-bond acceptors (Lipinski definition) is 4. The summed E-state index contributed by atoms with van der Waals surface area (Å²) in [4.78, 5) is 11.0. The fourth-order valence-corrected chi connectivity index (χ4v) is 2.92. The molecule has 88 valence electrons. The Morgan fingerprint density at radius 2 is 2.20 bits per heavy atom. The van der Waals surface area contributed by atoms with Crippen LogP contribution in [-0.2, 0) is 19.4 Å². The smallest absolute Gasteiger partial charge is 0.312 e. The van der Waals surface area contributed by atoms with Crippen molar-refractivity contribution in [3.05, 3.63) is 0 Å². The molecule has 15 heavy (non-hydrogen) atoms. The molecule has 0 aliphatic heterocycles. The molecular weight excluding hydrogens is 220 g/mol. The van der Waals surface area contributed by atoms with Crippen LogP contribution < -0.4 is 0 Å². The summed E-state index contributed by atoms with van der Waals surface area (Å²) < 4.78 is 27.2. The molecule has 0 saturated heterocycles. The summed E-state index contributed by atoms with van der Waals surface area (Å²) in [6.45, 7) is 2.34. The quantitative estimate of drug-likeness (QED) is 0.710. The highest BCUT2D eigenvalue weighted by molar-refractivity contribution is 7.90. The largest absolute Gasteiger partial charge is 0.481 e. The minimum atomic E-state index is -3.11. The molecule has 6 heteroatoms. The van der Waals surface area contributed by atoms with Crippen LogP contribution in [0.5, 0.6) is 0 Å². The molecule has 1 fully saturated rings. The van der Waals surface area contributed by atoms with E-state index in [0.29, 0.717) is 13.0 Å². The van der Waals surface area contributed by atoms with E-state index < -0.39 is 21.2 Å². The first-order chi connectivity index (χ1) is 6.82. The lowest BCUT2D eigenvalue weighted by atomic mass is 10.1. The summed E-state index contributed by atoms with van der Waals surface area (Å²) in [6.07, 6.45) is 1.52. The molecule has 0 amide bonds. The third-order valence-electron chi connectivity index (χ3n) is 2.73. The van der Waals surface area contributed by atoms with E-state index in [-0.39, 0.29) is 18.3 Å². The van der Waals surface area contributed by atoms with Crippen molar-refractivity contribution in [1.82, 2.24) is 0 Å². The van der Waals surface area contributed by atoms with Gasteiger partial charge in [-0.15, -0.1) is 0 Å². The highest BCUT2D eigenvalue weighted by atomic mass is 32.2. The van der Waals surface area contributed by atoms with Crippen LogP contribution in [0.2, 0.25) is 0 Å². The molecular formula is C9H16O5S. The fourth-order valence-electron chi connectivity index (χ4n) is 1.75. The van der Waals surface area contributed by atoms with Gasteiger partial charge in [0.1, 0.15) is 9.84 Å². The minimum absolute atomic E-state index is 0.0631. The molecule has 1 N–H and O–H groups in total. The molecule has 1 saturated carbocycles. The van der Waals surface area contributed by atoms with E-state index in [1.807, 2.05) is 0 Å². The Balaban J connectivity index is 2.62. The molecule has 1 aliphatic rings. The van der Waals surface area contributed by atoms with Crippen LogP contribution in [0.4, 0.5) is 0 Å². The van der Waals surface area contributed by atoms with Crippen molar-refractivity contribution in [1.29, 1.82) is 0 Å². The predicted molar refractivity (Wildman–Crippen MR) is 54.4 cm³/mol. The maximum atomic E-state index is 11.0. The van der Waals surface area contributed by atoms with Crippen molar-refractivity contribution < 1.29 is 23.1 Å². The maximum absolute atomic E-state index is 11.0. The van der Waals surface area contributed by atoms with E-state index in [1.54, 1.807) is 6.92 Å². The highest BCUT2D eigenvalue weighted by Crippen LogP contribution is 2.53. The van der Waals surface area contributed by atoms with Gasteiger partial charge in [-0.3, -0.25) is 4.79 Å². The van der Waals surface area contributed by atoms with Gasteiger partial charge in [0.25, 0.3) is 0 Å². The molecule has 0 aromatic carbocycles. The first-order valence-corrected chi connectivity index (χ1v) is 6.87. The number of sulfone groups is 1. The SMILES string of the molecule is CCOC[C@@]1(C(=O)O)C[C@H]1CS(C)(=O)=O. The van der Waals surface area contributed by atoms with Gasteiger partial charge in [0.05, 0.1) is 17.8 Å². The Morgan fingerprint density at radius 1 is 1.60 bits per heavy atom. The van der Waals surface area contributed by atoms with E-state index >= 15 is 0 Å². The van der Waals surface area contributed by atoms with Crippen LogP contribution in [0.3, 0.4) is 0 Å². The van der Waals surface area contributed by atoms with Crippen LogP contribution in [0.1, 0.15) is 13.3 Å². The summed E-state index contributed by atoms with van der Waals surface area (Å²) >= 11 is 0. The highest BCUT2D eigenvalue weighted by Gasteiger charge is 2.61. The van der Waals surface area contributed by atoms with Crippen molar-refractivity contribution in [2.75, 3.05) is 25.2 Å². The van der Waals surface area contributed by atoms with Crippen LogP contribution in [0, 0.1) is 11.3 Å². The number of rotatable bonds is 6. The van der Waals surface area contributed by atoms with Gasteiger partial charge >= 0.3 is 5.97 Å². The second-order valence-corrected chi connectivity index (χ2v) is 6.28. The third kappa shape index (κ3) is 2.92. The van der Waals surface area contributed by atoms with Gasteiger partial charge in [0.2, 0.25) is 0 Å². The number of carbonyl (C=O) groups is 1. The van der Waals surface area contributed by atoms with E-state index in [0.717, 1.165) is 6.26 Å². The maximum Gasteiger partial charge on any atom is 0.312 e. The lowest BCUT2D eigenvalue weighted by Crippen LogP contribution is -2.26. The Morgan fingerprint density at radius 3 is 2.60 bits per heavy atom. The summed E-state index contributed by atoms with van der Waals surface area (Å²) in [6, 6.07) is 0. The van der Waals surface area contributed by atoms with Gasteiger partial charge in [-0.2, -0.15) is 0 Å². The topological polar surface area (TPSA) is 80.7 Å². The second kappa shape index (κ2) is 4.09. The molecule has 0 heterocycles. The summed E-state index contributed by atoms with van der Waals surface area (Å²) in [5, 5.41) is 9.02. The molecule has 1 aliphatic carbocycles.